The zero-order valence-corrected chi connectivity index (χ0v) is 14.3. The van der Waals surface area contributed by atoms with E-state index in [0.717, 1.165) is 50.4 Å². The van der Waals surface area contributed by atoms with Crippen LogP contribution in [0.3, 0.4) is 0 Å². The summed E-state index contributed by atoms with van der Waals surface area (Å²) in [7, 11) is 0. The summed E-state index contributed by atoms with van der Waals surface area (Å²) in [5.74, 6) is -0.339. The second-order valence-corrected chi connectivity index (χ2v) is 6.65. The van der Waals surface area contributed by atoms with E-state index in [1.165, 1.54) is 23.5 Å². The van der Waals surface area contributed by atoms with Crippen LogP contribution >= 0.6 is 11.3 Å². The average molecular weight is 348 g/mol. The smallest absolute Gasteiger partial charge is 0.261 e. The Labute approximate surface area is 145 Å². The van der Waals surface area contributed by atoms with Gasteiger partial charge in [0, 0.05) is 25.2 Å². The van der Waals surface area contributed by atoms with Crippen molar-refractivity contribution in [2.75, 3.05) is 39.4 Å². The number of morpholine rings is 1. The van der Waals surface area contributed by atoms with Crippen LogP contribution in [0.25, 0.3) is 11.1 Å². The van der Waals surface area contributed by atoms with Crippen molar-refractivity contribution in [3.8, 4) is 11.1 Å². The number of nitrogens with one attached hydrogen (secondary N) is 1. The lowest BCUT2D eigenvalue weighted by molar-refractivity contribution is 0.0374. The third kappa shape index (κ3) is 4.41. The quantitative estimate of drug-likeness (QED) is 0.816. The van der Waals surface area contributed by atoms with Crippen molar-refractivity contribution in [3.05, 3.63) is 46.4 Å². The van der Waals surface area contributed by atoms with Gasteiger partial charge in [0.05, 0.1) is 18.1 Å². The van der Waals surface area contributed by atoms with Crippen molar-refractivity contribution in [2.45, 2.75) is 6.42 Å². The van der Waals surface area contributed by atoms with Crippen LogP contribution in [0, 0.1) is 5.82 Å². The number of hydrogen-bond donors (Lipinski definition) is 1. The number of thiophene rings is 1. The molecule has 0 unspecified atom stereocenters. The molecule has 1 aromatic carbocycles. The predicted molar refractivity (Wildman–Crippen MR) is 93.9 cm³/mol. The van der Waals surface area contributed by atoms with Gasteiger partial charge in [-0.1, -0.05) is 12.1 Å². The zero-order valence-electron chi connectivity index (χ0n) is 13.5. The highest BCUT2D eigenvalue weighted by Crippen LogP contribution is 2.28. The summed E-state index contributed by atoms with van der Waals surface area (Å²) < 4.78 is 18.4. The Kier molecular flexibility index (Phi) is 5.96. The number of hydrogen-bond acceptors (Lipinski definition) is 4. The molecule has 1 fully saturated rings. The number of halogens is 1. The first-order valence-corrected chi connectivity index (χ1v) is 9.04. The van der Waals surface area contributed by atoms with Gasteiger partial charge in [0.25, 0.3) is 5.91 Å². The Morgan fingerprint density at radius 1 is 1.21 bits per heavy atom. The first-order chi connectivity index (χ1) is 11.7. The molecule has 4 nitrogen and oxygen atoms in total. The molecule has 3 rings (SSSR count). The Hall–Kier alpha value is -1.76. The van der Waals surface area contributed by atoms with Crippen LogP contribution in [0.2, 0.25) is 0 Å². The van der Waals surface area contributed by atoms with Crippen LogP contribution in [0.15, 0.2) is 35.7 Å². The molecule has 128 valence electrons. The molecule has 0 saturated carbocycles. The van der Waals surface area contributed by atoms with Gasteiger partial charge in [0.2, 0.25) is 0 Å². The Balaban J connectivity index is 1.52. The van der Waals surface area contributed by atoms with Crippen molar-refractivity contribution in [3.63, 3.8) is 0 Å². The van der Waals surface area contributed by atoms with Gasteiger partial charge in [0.15, 0.2) is 0 Å². The van der Waals surface area contributed by atoms with Gasteiger partial charge in [-0.05, 0) is 42.1 Å². The molecule has 1 aliphatic heterocycles. The van der Waals surface area contributed by atoms with E-state index in [1.54, 1.807) is 12.1 Å². The van der Waals surface area contributed by atoms with E-state index in [2.05, 4.69) is 10.2 Å². The summed E-state index contributed by atoms with van der Waals surface area (Å²) in [6, 6.07) is 8.13. The Morgan fingerprint density at radius 2 is 1.96 bits per heavy atom. The molecule has 0 spiro atoms. The molecule has 1 aromatic heterocycles. The summed E-state index contributed by atoms with van der Waals surface area (Å²) in [4.78, 5) is 15.4. The second kappa shape index (κ2) is 8.37. The molecule has 0 atom stereocenters. The molecule has 1 amide bonds. The van der Waals surface area contributed by atoms with E-state index < -0.39 is 0 Å². The molecule has 6 heteroatoms. The molecule has 2 aromatic rings. The molecule has 0 radical (unpaired) electrons. The summed E-state index contributed by atoms with van der Waals surface area (Å²) in [6.07, 6.45) is 0.920. The molecule has 1 aliphatic rings. The molecular weight excluding hydrogens is 327 g/mol. The van der Waals surface area contributed by atoms with Crippen molar-refractivity contribution < 1.29 is 13.9 Å². The van der Waals surface area contributed by atoms with Crippen LogP contribution in [0.4, 0.5) is 4.39 Å². The van der Waals surface area contributed by atoms with E-state index in [0.29, 0.717) is 11.4 Å². The topological polar surface area (TPSA) is 41.6 Å². The fourth-order valence-electron chi connectivity index (χ4n) is 2.75. The predicted octanol–water partition coefficient (Wildman–Crippen LogP) is 3.01. The van der Waals surface area contributed by atoms with E-state index in [1.807, 2.05) is 11.4 Å². The van der Waals surface area contributed by atoms with Gasteiger partial charge in [-0.25, -0.2) is 4.39 Å². The molecule has 24 heavy (non-hydrogen) atoms. The van der Waals surface area contributed by atoms with Crippen LogP contribution in [-0.4, -0.2) is 50.2 Å². The van der Waals surface area contributed by atoms with Gasteiger partial charge in [-0.3, -0.25) is 9.69 Å². The lowest BCUT2D eigenvalue weighted by Crippen LogP contribution is -2.38. The molecule has 0 aliphatic carbocycles. The minimum atomic E-state index is -0.275. The lowest BCUT2D eigenvalue weighted by atomic mass is 10.1. The van der Waals surface area contributed by atoms with E-state index in [-0.39, 0.29) is 11.7 Å². The number of carbonyl (C=O) groups is 1. The van der Waals surface area contributed by atoms with Crippen LogP contribution in [0.1, 0.15) is 16.1 Å². The largest absolute Gasteiger partial charge is 0.379 e. The second-order valence-electron chi connectivity index (χ2n) is 5.73. The van der Waals surface area contributed by atoms with Crippen molar-refractivity contribution in [1.82, 2.24) is 10.2 Å². The summed E-state index contributed by atoms with van der Waals surface area (Å²) in [5, 5.41) is 4.88. The fourth-order valence-corrected chi connectivity index (χ4v) is 3.58. The van der Waals surface area contributed by atoms with Gasteiger partial charge in [0.1, 0.15) is 5.82 Å². The van der Waals surface area contributed by atoms with Gasteiger partial charge in [-0.15, -0.1) is 11.3 Å². The third-order valence-corrected chi connectivity index (χ3v) is 4.98. The van der Waals surface area contributed by atoms with E-state index in [9.17, 15) is 9.18 Å². The molecule has 0 bridgehead atoms. The summed E-state index contributed by atoms with van der Waals surface area (Å²) >= 11 is 1.41. The van der Waals surface area contributed by atoms with E-state index >= 15 is 0 Å². The number of rotatable bonds is 6. The number of benzene rings is 1. The monoisotopic (exact) mass is 348 g/mol. The minimum Gasteiger partial charge on any atom is -0.379 e. The number of ether oxygens (including phenoxy) is 1. The van der Waals surface area contributed by atoms with E-state index in [4.69, 9.17) is 4.74 Å². The molecule has 1 saturated heterocycles. The molecule has 2 heterocycles. The summed E-state index contributed by atoms with van der Waals surface area (Å²) in [6.45, 7) is 5.14. The first-order valence-electron chi connectivity index (χ1n) is 8.16. The van der Waals surface area contributed by atoms with Crippen LogP contribution in [0.5, 0.6) is 0 Å². The highest BCUT2D eigenvalue weighted by molar-refractivity contribution is 7.12. The van der Waals surface area contributed by atoms with Crippen molar-refractivity contribution >= 4 is 17.2 Å². The maximum absolute atomic E-state index is 13.1. The van der Waals surface area contributed by atoms with Crippen LogP contribution in [-0.2, 0) is 4.74 Å². The number of carbonyl (C=O) groups excluding carboxylic acids is 1. The SMILES string of the molecule is O=C(NCCCN1CCOCC1)c1sccc1-c1ccc(F)cc1. The molecular formula is C18H21FN2O2S. The van der Waals surface area contributed by atoms with Crippen molar-refractivity contribution in [1.29, 1.82) is 0 Å². The average Bonchev–Trinajstić information content (AvgIpc) is 3.10. The number of nitrogens with zero attached hydrogens (tertiary/aromatic N) is 1. The molecule has 1 N–H and O–H groups in total. The normalized spacial score (nSPS) is 15.4. The van der Waals surface area contributed by atoms with Crippen molar-refractivity contribution in [2.24, 2.45) is 0 Å². The number of amides is 1. The third-order valence-electron chi connectivity index (χ3n) is 4.07. The Bertz CT molecular complexity index is 666. The zero-order chi connectivity index (χ0) is 16.8. The lowest BCUT2D eigenvalue weighted by Gasteiger charge is -2.26. The maximum Gasteiger partial charge on any atom is 0.261 e. The minimum absolute atomic E-state index is 0.0636. The van der Waals surface area contributed by atoms with Gasteiger partial charge in [-0.2, -0.15) is 0 Å². The Morgan fingerprint density at radius 3 is 2.71 bits per heavy atom. The fraction of sp³-hybridized carbons (Fsp3) is 0.389. The highest BCUT2D eigenvalue weighted by Gasteiger charge is 2.15. The summed E-state index contributed by atoms with van der Waals surface area (Å²) in [5.41, 5.74) is 1.71. The van der Waals surface area contributed by atoms with Crippen LogP contribution < -0.4 is 5.32 Å². The highest BCUT2D eigenvalue weighted by atomic mass is 32.1. The van der Waals surface area contributed by atoms with Gasteiger partial charge < -0.3 is 10.1 Å². The van der Waals surface area contributed by atoms with Gasteiger partial charge >= 0.3 is 0 Å². The maximum atomic E-state index is 13.1. The first kappa shape index (κ1) is 17.1. The standard InChI is InChI=1S/C18H21FN2O2S/c19-15-4-2-14(3-5-15)16-6-13-24-17(16)18(22)20-7-1-8-21-9-11-23-12-10-21/h2-6,13H,1,7-12H2,(H,20,22).